The van der Waals surface area contributed by atoms with Gasteiger partial charge in [0.2, 0.25) is 0 Å². The van der Waals surface area contributed by atoms with Crippen molar-refractivity contribution >= 4 is 49.8 Å². The van der Waals surface area contributed by atoms with E-state index in [1.54, 1.807) is 0 Å². The molecule has 10 rings (SSSR count). The summed E-state index contributed by atoms with van der Waals surface area (Å²) >= 11 is 0. The van der Waals surface area contributed by atoms with Crippen LogP contribution in [0.3, 0.4) is 0 Å². The fourth-order valence-corrected chi connectivity index (χ4v) is 7.52. The van der Waals surface area contributed by atoms with E-state index in [0.29, 0.717) is 0 Å². The monoisotopic (exact) mass is 612 g/mol. The number of para-hydroxylation sites is 1. The second-order valence-corrected chi connectivity index (χ2v) is 12.4. The van der Waals surface area contributed by atoms with Crippen molar-refractivity contribution in [3.05, 3.63) is 170 Å². The van der Waals surface area contributed by atoms with Gasteiger partial charge < -0.3 is 9.32 Å². The van der Waals surface area contributed by atoms with Crippen LogP contribution in [-0.2, 0) is 0 Å². The van der Waals surface area contributed by atoms with E-state index in [1.807, 2.05) is 24.5 Å². The first kappa shape index (κ1) is 26.7. The zero-order chi connectivity index (χ0) is 31.6. The first-order valence-corrected chi connectivity index (χ1v) is 16.3. The number of fused-ring (bicyclic) bond motifs is 8. The lowest BCUT2D eigenvalue weighted by Gasteiger charge is -2.27. The van der Waals surface area contributed by atoms with Gasteiger partial charge in [0, 0.05) is 51.9 Å². The van der Waals surface area contributed by atoms with Gasteiger partial charge in [0.1, 0.15) is 11.2 Å². The molecule has 1 aliphatic carbocycles. The van der Waals surface area contributed by atoms with Crippen molar-refractivity contribution in [2.45, 2.75) is 0 Å². The molecule has 0 N–H and O–H groups in total. The normalized spacial score (nSPS) is 11.8. The lowest BCUT2D eigenvalue weighted by molar-refractivity contribution is 0.669. The van der Waals surface area contributed by atoms with Crippen LogP contribution in [0.2, 0.25) is 0 Å². The van der Waals surface area contributed by atoms with Gasteiger partial charge in [-0.15, -0.1) is 0 Å². The minimum absolute atomic E-state index is 0.867. The van der Waals surface area contributed by atoms with Crippen molar-refractivity contribution in [2.75, 3.05) is 4.90 Å². The van der Waals surface area contributed by atoms with Gasteiger partial charge in [-0.25, -0.2) is 0 Å². The van der Waals surface area contributed by atoms with E-state index < -0.39 is 0 Å². The molecular formula is C45H28N2O. The van der Waals surface area contributed by atoms with Crippen LogP contribution in [0.15, 0.2) is 175 Å². The molecule has 0 atom stereocenters. The molecule has 0 amide bonds. The van der Waals surface area contributed by atoms with Gasteiger partial charge in [-0.1, -0.05) is 103 Å². The van der Waals surface area contributed by atoms with Crippen molar-refractivity contribution < 1.29 is 4.42 Å². The maximum atomic E-state index is 6.40. The van der Waals surface area contributed by atoms with Crippen LogP contribution in [0, 0.1) is 0 Å². The number of benzene rings is 7. The van der Waals surface area contributed by atoms with E-state index in [-0.39, 0.29) is 0 Å². The number of anilines is 3. The maximum Gasteiger partial charge on any atom is 0.137 e. The molecule has 0 bridgehead atoms. The lowest BCUT2D eigenvalue weighted by Crippen LogP contribution is -2.10. The summed E-state index contributed by atoms with van der Waals surface area (Å²) in [4.78, 5) is 6.94. The second-order valence-electron chi connectivity index (χ2n) is 12.4. The average Bonchev–Trinajstić information content (AvgIpc) is 3.47. The largest absolute Gasteiger partial charge is 0.456 e. The predicted octanol–water partition coefficient (Wildman–Crippen LogP) is 12.6. The Morgan fingerprint density at radius 2 is 1.10 bits per heavy atom. The zero-order valence-electron chi connectivity index (χ0n) is 26.0. The molecule has 3 heteroatoms. The molecule has 2 aromatic heterocycles. The number of aromatic nitrogens is 1. The van der Waals surface area contributed by atoms with Crippen molar-refractivity contribution in [1.29, 1.82) is 0 Å². The molecule has 7 aromatic carbocycles. The van der Waals surface area contributed by atoms with Crippen molar-refractivity contribution in [1.82, 2.24) is 4.98 Å². The molecule has 0 unspecified atom stereocenters. The SMILES string of the molecule is c1ccc(-c2cccc(N(c3ccc4c(c3)-c3ccncc3-c3cccc5cccc-4c35)c3ccc4c(c3)oc3ccccc34)c2)cc1. The summed E-state index contributed by atoms with van der Waals surface area (Å²) in [5, 5.41) is 4.74. The summed E-state index contributed by atoms with van der Waals surface area (Å²) in [6.07, 6.45) is 3.92. The summed E-state index contributed by atoms with van der Waals surface area (Å²) in [5.74, 6) is 0. The highest BCUT2D eigenvalue weighted by atomic mass is 16.3. The van der Waals surface area contributed by atoms with E-state index in [0.717, 1.165) is 50.1 Å². The molecule has 3 nitrogen and oxygen atoms in total. The van der Waals surface area contributed by atoms with Crippen LogP contribution in [-0.4, -0.2) is 4.98 Å². The van der Waals surface area contributed by atoms with Crippen LogP contribution in [0.5, 0.6) is 0 Å². The van der Waals surface area contributed by atoms with Gasteiger partial charge in [-0.05, 0) is 98.2 Å². The third kappa shape index (κ3) is 4.11. The van der Waals surface area contributed by atoms with E-state index in [9.17, 15) is 0 Å². The standard InChI is InChI=1S/C45H28N2O/c1-2-9-29(10-3-1)31-13-6-14-32(25-31)47(34-20-22-38-37-15-4-5-18-43(37)48-44(38)27-34)33-19-21-35-39-16-7-11-30-12-8-17-40(45(30)39)42-28-46-24-23-36(42)41(35)26-33/h1-28H. The molecule has 0 aliphatic heterocycles. The smallest absolute Gasteiger partial charge is 0.137 e. The summed E-state index contributed by atoms with van der Waals surface area (Å²) in [7, 11) is 0. The zero-order valence-corrected chi connectivity index (χ0v) is 26.0. The summed E-state index contributed by atoms with van der Waals surface area (Å²) in [5.41, 5.74) is 14.4. The van der Waals surface area contributed by atoms with Gasteiger partial charge in [0.05, 0.1) is 0 Å². The Morgan fingerprint density at radius 3 is 2.00 bits per heavy atom. The quantitative estimate of drug-likeness (QED) is 0.198. The van der Waals surface area contributed by atoms with Crippen LogP contribution < -0.4 is 4.90 Å². The third-order valence-electron chi connectivity index (χ3n) is 9.69. The third-order valence-corrected chi connectivity index (χ3v) is 9.69. The van der Waals surface area contributed by atoms with Crippen LogP contribution in [0.25, 0.3) is 77.2 Å². The van der Waals surface area contributed by atoms with Gasteiger partial charge in [0.15, 0.2) is 0 Å². The Morgan fingerprint density at radius 1 is 0.417 bits per heavy atom. The molecule has 0 saturated heterocycles. The molecule has 0 spiro atoms. The number of nitrogens with zero attached hydrogens (tertiary/aromatic N) is 2. The van der Waals surface area contributed by atoms with E-state index in [1.165, 1.54) is 44.2 Å². The minimum Gasteiger partial charge on any atom is -0.456 e. The number of pyridine rings is 1. The highest BCUT2D eigenvalue weighted by molar-refractivity contribution is 6.13. The van der Waals surface area contributed by atoms with Gasteiger partial charge in [-0.2, -0.15) is 0 Å². The summed E-state index contributed by atoms with van der Waals surface area (Å²) < 4.78 is 6.40. The topological polar surface area (TPSA) is 29.3 Å². The summed E-state index contributed by atoms with van der Waals surface area (Å²) in [6, 6.07) is 56.4. The Balaban J connectivity index is 1.23. The Kier molecular flexibility index (Phi) is 5.87. The summed E-state index contributed by atoms with van der Waals surface area (Å²) in [6.45, 7) is 0. The highest BCUT2D eigenvalue weighted by Crippen LogP contribution is 2.49. The fraction of sp³-hybridized carbons (Fsp3) is 0. The molecule has 224 valence electrons. The number of hydrogen-bond acceptors (Lipinski definition) is 3. The van der Waals surface area contributed by atoms with Gasteiger partial charge in [0.25, 0.3) is 0 Å². The van der Waals surface area contributed by atoms with Crippen LogP contribution in [0.1, 0.15) is 0 Å². The van der Waals surface area contributed by atoms with E-state index in [4.69, 9.17) is 4.42 Å². The van der Waals surface area contributed by atoms with E-state index >= 15 is 0 Å². The van der Waals surface area contributed by atoms with Gasteiger partial charge in [-0.3, -0.25) is 4.98 Å². The van der Waals surface area contributed by atoms with Gasteiger partial charge >= 0.3 is 0 Å². The van der Waals surface area contributed by atoms with Crippen LogP contribution >= 0.6 is 0 Å². The number of hydrogen-bond donors (Lipinski definition) is 0. The van der Waals surface area contributed by atoms with Crippen LogP contribution in [0.4, 0.5) is 17.1 Å². The Hall–Kier alpha value is -6.45. The molecule has 1 aliphatic rings. The molecule has 2 heterocycles. The molecular weight excluding hydrogens is 585 g/mol. The fourth-order valence-electron chi connectivity index (χ4n) is 7.52. The predicted molar refractivity (Wildman–Crippen MR) is 199 cm³/mol. The van der Waals surface area contributed by atoms with Crippen molar-refractivity contribution in [2.24, 2.45) is 0 Å². The highest BCUT2D eigenvalue weighted by Gasteiger charge is 2.24. The number of furan rings is 1. The molecule has 9 aromatic rings. The average molecular weight is 613 g/mol. The lowest BCUT2D eigenvalue weighted by atomic mass is 9.93. The molecule has 0 saturated carbocycles. The maximum absolute atomic E-state index is 6.40. The molecule has 0 radical (unpaired) electrons. The first-order chi connectivity index (χ1) is 23.8. The number of rotatable bonds is 4. The second kappa shape index (κ2) is 10.5. The molecule has 48 heavy (non-hydrogen) atoms. The first-order valence-electron chi connectivity index (χ1n) is 16.3. The molecule has 0 fully saturated rings. The minimum atomic E-state index is 0.867. The van der Waals surface area contributed by atoms with Crippen molar-refractivity contribution in [3.63, 3.8) is 0 Å². The Labute approximate surface area is 278 Å². The Bertz CT molecular complexity index is 2680. The van der Waals surface area contributed by atoms with Crippen molar-refractivity contribution in [3.8, 4) is 44.5 Å². The van der Waals surface area contributed by atoms with E-state index in [2.05, 4.69) is 155 Å².